The van der Waals surface area contributed by atoms with E-state index < -0.39 is 0 Å². The van der Waals surface area contributed by atoms with Crippen molar-refractivity contribution in [2.45, 2.75) is 12.5 Å². The fourth-order valence-electron chi connectivity index (χ4n) is 2.38. The third-order valence-corrected chi connectivity index (χ3v) is 4.07. The van der Waals surface area contributed by atoms with E-state index in [0.717, 1.165) is 17.4 Å². The number of fused-ring (bicyclic) bond motifs is 1. The number of thiophene rings is 1. The molecule has 1 heterocycles. The van der Waals surface area contributed by atoms with E-state index in [1.807, 2.05) is 23.6 Å². The first-order valence-electron chi connectivity index (χ1n) is 6.19. The van der Waals surface area contributed by atoms with Gasteiger partial charge in [0.15, 0.2) is 0 Å². The minimum absolute atomic E-state index is 0.111. The van der Waals surface area contributed by atoms with Gasteiger partial charge in [0.25, 0.3) is 0 Å². The molecule has 1 unspecified atom stereocenters. The highest BCUT2D eigenvalue weighted by atomic mass is 32.1. The van der Waals surface area contributed by atoms with Gasteiger partial charge in [-0.05, 0) is 45.8 Å². The van der Waals surface area contributed by atoms with E-state index in [2.05, 4.69) is 11.4 Å². The topological polar surface area (TPSA) is 26.0 Å². The second-order valence-corrected chi connectivity index (χ2v) is 5.40. The molecule has 0 saturated carbocycles. The molecule has 1 nitrogen and oxygen atoms in total. The van der Waals surface area contributed by atoms with Crippen LogP contribution in [-0.2, 0) is 6.42 Å². The van der Waals surface area contributed by atoms with Crippen LogP contribution in [0.5, 0.6) is 0 Å². The first kappa shape index (κ1) is 12.3. The Kier molecular flexibility index (Phi) is 3.32. The number of halogens is 1. The van der Waals surface area contributed by atoms with Gasteiger partial charge >= 0.3 is 0 Å². The van der Waals surface area contributed by atoms with E-state index in [9.17, 15) is 4.39 Å². The predicted octanol–water partition coefficient (Wildman–Crippen LogP) is 4.28. The number of nitrogens with two attached hydrogens (primary N) is 1. The summed E-state index contributed by atoms with van der Waals surface area (Å²) in [5, 5.41) is 5.70. The Hall–Kier alpha value is -1.71. The molecule has 3 rings (SSSR count). The fraction of sp³-hybridized carbons (Fsp3) is 0.125. The third-order valence-electron chi connectivity index (χ3n) is 3.34. The average molecular weight is 271 g/mol. The van der Waals surface area contributed by atoms with Crippen LogP contribution in [0.4, 0.5) is 4.39 Å². The van der Waals surface area contributed by atoms with Crippen LogP contribution in [0.2, 0.25) is 0 Å². The van der Waals surface area contributed by atoms with Crippen molar-refractivity contribution in [1.82, 2.24) is 0 Å². The van der Waals surface area contributed by atoms with E-state index in [4.69, 9.17) is 5.73 Å². The zero-order valence-electron chi connectivity index (χ0n) is 10.3. The van der Waals surface area contributed by atoms with Gasteiger partial charge in [-0.3, -0.25) is 0 Å². The molecule has 0 radical (unpaired) electrons. The maximum atomic E-state index is 13.8. The van der Waals surface area contributed by atoms with Crippen molar-refractivity contribution >= 4 is 22.1 Å². The lowest BCUT2D eigenvalue weighted by atomic mass is 9.95. The van der Waals surface area contributed by atoms with Crippen LogP contribution in [0.1, 0.15) is 17.2 Å². The van der Waals surface area contributed by atoms with Crippen molar-refractivity contribution < 1.29 is 4.39 Å². The van der Waals surface area contributed by atoms with Crippen LogP contribution in [0.15, 0.2) is 53.2 Å². The van der Waals surface area contributed by atoms with E-state index in [1.54, 1.807) is 23.5 Å². The normalized spacial score (nSPS) is 12.7. The highest BCUT2D eigenvalue weighted by Gasteiger charge is 2.12. The molecule has 1 atom stereocenters. The number of benzene rings is 2. The molecule has 19 heavy (non-hydrogen) atoms. The Balaban J connectivity index is 2.03. The molecule has 0 bridgehead atoms. The molecule has 2 aromatic carbocycles. The van der Waals surface area contributed by atoms with Crippen LogP contribution >= 0.6 is 11.3 Å². The van der Waals surface area contributed by atoms with Gasteiger partial charge in [-0.2, -0.15) is 11.3 Å². The largest absolute Gasteiger partial charge is 0.324 e. The molecule has 1 aromatic heterocycles. The minimum Gasteiger partial charge on any atom is -0.324 e. The van der Waals surface area contributed by atoms with Gasteiger partial charge in [0.1, 0.15) is 5.82 Å². The van der Waals surface area contributed by atoms with Crippen LogP contribution in [-0.4, -0.2) is 0 Å². The van der Waals surface area contributed by atoms with Crippen LogP contribution in [0.3, 0.4) is 0 Å². The van der Waals surface area contributed by atoms with E-state index in [1.165, 1.54) is 11.6 Å². The van der Waals surface area contributed by atoms with Crippen molar-refractivity contribution in [1.29, 1.82) is 0 Å². The molecular weight excluding hydrogens is 257 g/mol. The average Bonchev–Trinajstić information content (AvgIpc) is 2.92. The SMILES string of the molecule is NC(Cc1ccsc1)c1ccc(F)c2ccccc12. The van der Waals surface area contributed by atoms with E-state index >= 15 is 0 Å². The van der Waals surface area contributed by atoms with Crippen molar-refractivity contribution in [2.24, 2.45) is 5.73 Å². The van der Waals surface area contributed by atoms with Crippen LogP contribution in [0, 0.1) is 5.82 Å². The third kappa shape index (κ3) is 2.39. The molecule has 2 N–H and O–H groups in total. The summed E-state index contributed by atoms with van der Waals surface area (Å²) in [5.41, 5.74) is 8.52. The first-order chi connectivity index (χ1) is 9.25. The molecule has 0 amide bonds. The molecule has 0 aliphatic carbocycles. The van der Waals surface area contributed by atoms with Gasteiger partial charge in [0, 0.05) is 11.4 Å². The summed E-state index contributed by atoms with van der Waals surface area (Å²) in [6, 6.07) is 12.8. The predicted molar refractivity (Wildman–Crippen MR) is 78.9 cm³/mol. The van der Waals surface area contributed by atoms with Gasteiger partial charge in [-0.1, -0.05) is 30.3 Å². The lowest BCUT2D eigenvalue weighted by Crippen LogP contribution is -2.13. The van der Waals surface area contributed by atoms with Crippen molar-refractivity contribution in [3.8, 4) is 0 Å². The summed E-state index contributed by atoms with van der Waals surface area (Å²) >= 11 is 1.67. The van der Waals surface area contributed by atoms with Crippen molar-refractivity contribution in [2.75, 3.05) is 0 Å². The summed E-state index contributed by atoms with van der Waals surface area (Å²) in [6.07, 6.45) is 0.777. The highest BCUT2D eigenvalue weighted by Crippen LogP contribution is 2.27. The number of hydrogen-bond acceptors (Lipinski definition) is 2. The van der Waals surface area contributed by atoms with E-state index in [-0.39, 0.29) is 11.9 Å². The summed E-state index contributed by atoms with van der Waals surface area (Å²) in [5.74, 6) is -0.193. The summed E-state index contributed by atoms with van der Waals surface area (Å²) in [4.78, 5) is 0. The van der Waals surface area contributed by atoms with Gasteiger partial charge in [-0.25, -0.2) is 4.39 Å². The van der Waals surface area contributed by atoms with Gasteiger partial charge in [0.05, 0.1) is 0 Å². The lowest BCUT2D eigenvalue weighted by molar-refractivity contribution is 0.637. The summed E-state index contributed by atoms with van der Waals surface area (Å²) < 4.78 is 13.8. The van der Waals surface area contributed by atoms with Gasteiger partial charge in [-0.15, -0.1) is 0 Å². The molecule has 96 valence electrons. The molecular formula is C16H14FNS. The maximum Gasteiger partial charge on any atom is 0.131 e. The van der Waals surface area contributed by atoms with Gasteiger partial charge in [0.2, 0.25) is 0 Å². The second-order valence-electron chi connectivity index (χ2n) is 4.62. The number of hydrogen-bond donors (Lipinski definition) is 1. The maximum absolute atomic E-state index is 13.8. The van der Waals surface area contributed by atoms with Gasteiger partial charge < -0.3 is 5.73 Å². The fourth-order valence-corrected chi connectivity index (χ4v) is 3.06. The zero-order chi connectivity index (χ0) is 13.2. The standard InChI is InChI=1S/C16H14FNS/c17-15-6-5-14(12-3-1-2-4-13(12)15)16(18)9-11-7-8-19-10-11/h1-8,10,16H,9,18H2. The Morgan fingerprint density at radius 1 is 1.05 bits per heavy atom. The zero-order valence-corrected chi connectivity index (χ0v) is 11.2. The Bertz CT molecular complexity index is 691. The van der Waals surface area contributed by atoms with Crippen LogP contribution in [0.25, 0.3) is 10.8 Å². The highest BCUT2D eigenvalue weighted by molar-refractivity contribution is 7.07. The summed E-state index contributed by atoms with van der Waals surface area (Å²) in [6.45, 7) is 0. The molecule has 0 aliphatic rings. The lowest BCUT2D eigenvalue weighted by Gasteiger charge is -2.14. The Labute approximate surface area is 115 Å². The monoisotopic (exact) mass is 271 g/mol. The smallest absolute Gasteiger partial charge is 0.131 e. The molecule has 0 aliphatic heterocycles. The van der Waals surface area contributed by atoms with Crippen molar-refractivity contribution in [3.05, 3.63) is 70.2 Å². The van der Waals surface area contributed by atoms with Crippen molar-refractivity contribution in [3.63, 3.8) is 0 Å². The molecule has 0 saturated heterocycles. The Morgan fingerprint density at radius 3 is 2.58 bits per heavy atom. The van der Waals surface area contributed by atoms with E-state index in [0.29, 0.717) is 5.39 Å². The first-order valence-corrected chi connectivity index (χ1v) is 7.14. The molecule has 0 fully saturated rings. The quantitative estimate of drug-likeness (QED) is 0.756. The molecule has 3 aromatic rings. The Morgan fingerprint density at radius 2 is 1.84 bits per heavy atom. The number of rotatable bonds is 3. The minimum atomic E-state index is -0.193. The summed E-state index contributed by atoms with van der Waals surface area (Å²) in [7, 11) is 0. The van der Waals surface area contributed by atoms with Crippen LogP contribution < -0.4 is 5.73 Å². The second kappa shape index (κ2) is 5.11. The molecule has 3 heteroatoms. The molecule has 0 spiro atoms.